The van der Waals surface area contributed by atoms with E-state index in [1.54, 1.807) is 55.0 Å². The summed E-state index contributed by atoms with van der Waals surface area (Å²) in [6.07, 6.45) is 4.94. The molecular weight excluding hydrogens is 390 g/mol. The van der Waals surface area contributed by atoms with Gasteiger partial charge in [-0.2, -0.15) is 5.26 Å². The van der Waals surface area contributed by atoms with Crippen LogP contribution in [0.2, 0.25) is 0 Å². The molecule has 4 rings (SSSR count). The Bertz CT molecular complexity index is 1270. The number of aromatic nitrogens is 4. The molecule has 0 spiro atoms. The van der Waals surface area contributed by atoms with Crippen molar-refractivity contribution in [2.24, 2.45) is 0 Å². The zero-order valence-electron chi connectivity index (χ0n) is 16.6. The summed E-state index contributed by atoms with van der Waals surface area (Å²) in [7, 11) is 0. The smallest absolute Gasteiger partial charge is 0.255 e. The van der Waals surface area contributed by atoms with Gasteiger partial charge in [-0.3, -0.25) is 4.79 Å². The van der Waals surface area contributed by atoms with E-state index in [0.717, 1.165) is 11.3 Å². The molecule has 4 aromatic rings. The van der Waals surface area contributed by atoms with Crippen LogP contribution in [0.1, 0.15) is 21.5 Å². The molecule has 31 heavy (non-hydrogen) atoms. The molecule has 150 valence electrons. The first kappa shape index (κ1) is 19.7. The van der Waals surface area contributed by atoms with Crippen molar-refractivity contribution in [3.8, 4) is 17.6 Å². The van der Waals surface area contributed by atoms with Gasteiger partial charge in [0.2, 0.25) is 5.95 Å². The molecule has 2 aromatic carbocycles. The molecule has 8 nitrogen and oxygen atoms in total. The lowest BCUT2D eigenvalue weighted by molar-refractivity contribution is 0.102. The Hall–Kier alpha value is -4.64. The van der Waals surface area contributed by atoms with Crippen molar-refractivity contribution >= 4 is 23.2 Å². The fraction of sp³-hybridized carbons (Fsp3) is 0.0435. The predicted octanol–water partition coefficient (Wildman–Crippen LogP) is 4.11. The van der Waals surface area contributed by atoms with Crippen LogP contribution in [-0.4, -0.2) is 25.8 Å². The van der Waals surface area contributed by atoms with Crippen molar-refractivity contribution in [3.63, 3.8) is 0 Å². The van der Waals surface area contributed by atoms with Crippen LogP contribution in [0.4, 0.5) is 17.3 Å². The van der Waals surface area contributed by atoms with Gasteiger partial charge in [-0.25, -0.2) is 19.9 Å². The number of nitrogens with one attached hydrogen (secondary N) is 2. The minimum absolute atomic E-state index is 0.265. The van der Waals surface area contributed by atoms with Crippen LogP contribution in [0.25, 0.3) is 11.5 Å². The van der Waals surface area contributed by atoms with Crippen molar-refractivity contribution < 1.29 is 4.79 Å². The molecule has 2 aromatic heterocycles. The van der Waals surface area contributed by atoms with E-state index >= 15 is 0 Å². The highest BCUT2D eigenvalue weighted by molar-refractivity contribution is 6.04. The topological polar surface area (TPSA) is 116 Å². The molecule has 0 fully saturated rings. The first-order chi connectivity index (χ1) is 15.1. The fourth-order valence-corrected chi connectivity index (χ4v) is 2.83. The van der Waals surface area contributed by atoms with Gasteiger partial charge >= 0.3 is 0 Å². The van der Waals surface area contributed by atoms with Crippen LogP contribution in [-0.2, 0) is 0 Å². The third-order valence-electron chi connectivity index (χ3n) is 4.47. The predicted molar refractivity (Wildman–Crippen MR) is 117 cm³/mol. The summed E-state index contributed by atoms with van der Waals surface area (Å²) >= 11 is 0. The molecule has 0 bridgehead atoms. The van der Waals surface area contributed by atoms with Crippen LogP contribution >= 0.6 is 0 Å². The van der Waals surface area contributed by atoms with Crippen molar-refractivity contribution in [2.75, 3.05) is 10.6 Å². The van der Waals surface area contributed by atoms with Crippen LogP contribution in [0, 0.1) is 18.3 Å². The molecule has 0 aliphatic carbocycles. The van der Waals surface area contributed by atoms with Gasteiger partial charge in [-0.1, -0.05) is 6.07 Å². The molecule has 0 radical (unpaired) electrons. The van der Waals surface area contributed by atoms with E-state index in [1.165, 1.54) is 0 Å². The number of hydrogen-bond acceptors (Lipinski definition) is 7. The third-order valence-corrected chi connectivity index (χ3v) is 4.47. The third kappa shape index (κ3) is 4.68. The normalized spacial score (nSPS) is 10.2. The average Bonchev–Trinajstić information content (AvgIpc) is 2.82. The van der Waals surface area contributed by atoms with Crippen molar-refractivity contribution in [2.45, 2.75) is 6.92 Å². The summed E-state index contributed by atoms with van der Waals surface area (Å²) in [5, 5.41) is 14.9. The number of carbonyl (C=O) groups is 1. The van der Waals surface area contributed by atoms with Gasteiger partial charge < -0.3 is 10.6 Å². The Balaban J connectivity index is 1.53. The largest absolute Gasteiger partial charge is 0.324 e. The molecule has 1 amide bonds. The van der Waals surface area contributed by atoms with Crippen molar-refractivity contribution in [1.29, 1.82) is 5.26 Å². The zero-order valence-corrected chi connectivity index (χ0v) is 16.6. The highest BCUT2D eigenvalue weighted by Gasteiger charge is 2.10. The number of aryl methyl sites for hydroxylation is 1. The zero-order chi connectivity index (χ0) is 21.6. The molecule has 0 unspecified atom stereocenters. The molecular formula is C23H17N7O. The Kier molecular flexibility index (Phi) is 5.58. The van der Waals surface area contributed by atoms with E-state index < -0.39 is 0 Å². The number of anilines is 3. The number of carbonyl (C=O) groups excluding carboxylic acids is 1. The van der Waals surface area contributed by atoms with E-state index in [-0.39, 0.29) is 5.91 Å². The summed E-state index contributed by atoms with van der Waals surface area (Å²) in [5.41, 5.74) is 3.89. The maximum absolute atomic E-state index is 12.5. The van der Waals surface area contributed by atoms with Gasteiger partial charge in [-0.05, 0) is 61.0 Å². The van der Waals surface area contributed by atoms with Gasteiger partial charge in [0.1, 0.15) is 5.69 Å². The number of nitriles is 1. The Labute approximate surface area is 178 Å². The van der Waals surface area contributed by atoms with Gasteiger partial charge in [0, 0.05) is 35.5 Å². The van der Waals surface area contributed by atoms with Crippen LogP contribution in [0.15, 0.2) is 73.2 Å². The number of hydrogen-bond donors (Lipinski definition) is 2. The SMILES string of the molecule is Cc1ccc(NC(=O)c2ccc(C#N)cc2)cc1Nc1nccc(-c2ncccn2)n1. The molecule has 2 N–H and O–H groups in total. The highest BCUT2D eigenvalue weighted by atomic mass is 16.1. The van der Waals surface area contributed by atoms with E-state index in [0.29, 0.717) is 34.3 Å². The lowest BCUT2D eigenvalue weighted by atomic mass is 10.1. The number of benzene rings is 2. The van der Waals surface area contributed by atoms with Crippen molar-refractivity contribution in [3.05, 3.63) is 89.9 Å². The van der Waals surface area contributed by atoms with Crippen LogP contribution < -0.4 is 10.6 Å². The maximum atomic E-state index is 12.5. The van der Waals surface area contributed by atoms with Gasteiger partial charge in [0.25, 0.3) is 5.91 Å². The molecule has 0 aliphatic heterocycles. The average molecular weight is 407 g/mol. The van der Waals surface area contributed by atoms with Gasteiger partial charge in [-0.15, -0.1) is 0 Å². The quantitative estimate of drug-likeness (QED) is 0.511. The van der Waals surface area contributed by atoms with Crippen LogP contribution in [0.5, 0.6) is 0 Å². The standard InChI is InChI=1S/C23H17N7O/c1-15-3-8-18(28-22(31)17-6-4-16(14-24)5-7-17)13-20(15)30-23-27-12-9-19(29-23)21-25-10-2-11-26-21/h2-13H,1H3,(H,28,31)(H,27,29,30). The number of amides is 1. The lowest BCUT2D eigenvalue weighted by Crippen LogP contribution is -2.12. The fourth-order valence-electron chi connectivity index (χ4n) is 2.83. The van der Waals surface area contributed by atoms with E-state index in [1.807, 2.05) is 31.2 Å². The van der Waals surface area contributed by atoms with E-state index in [9.17, 15) is 4.79 Å². The Morgan fingerprint density at radius 2 is 1.74 bits per heavy atom. The molecule has 0 aliphatic rings. The highest BCUT2D eigenvalue weighted by Crippen LogP contribution is 2.24. The molecule has 0 atom stereocenters. The number of rotatable bonds is 5. The second-order valence-electron chi connectivity index (χ2n) is 6.64. The summed E-state index contributed by atoms with van der Waals surface area (Å²) < 4.78 is 0. The van der Waals surface area contributed by atoms with E-state index in [2.05, 4.69) is 30.6 Å². The van der Waals surface area contributed by atoms with Crippen LogP contribution in [0.3, 0.4) is 0 Å². The minimum atomic E-state index is -0.265. The Morgan fingerprint density at radius 1 is 0.968 bits per heavy atom. The number of nitrogens with zero attached hydrogens (tertiary/aromatic N) is 5. The summed E-state index contributed by atoms with van der Waals surface area (Å²) in [6, 6.07) is 17.5. The first-order valence-corrected chi connectivity index (χ1v) is 9.42. The maximum Gasteiger partial charge on any atom is 0.255 e. The van der Waals surface area contributed by atoms with Gasteiger partial charge in [0.15, 0.2) is 5.82 Å². The summed E-state index contributed by atoms with van der Waals surface area (Å²) in [6.45, 7) is 1.94. The summed E-state index contributed by atoms with van der Waals surface area (Å²) in [5.74, 6) is 0.635. The molecule has 0 saturated carbocycles. The van der Waals surface area contributed by atoms with Crippen molar-refractivity contribution in [1.82, 2.24) is 19.9 Å². The molecule has 0 saturated heterocycles. The summed E-state index contributed by atoms with van der Waals surface area (Å²) in [4.78, 5) is 29.7. The van der Waals surface area contributed by atoms with E-state index in [4.69, 9.17) is 5.26 Å². The second-order valence-corrected chi connectivity index (χ2v) is 6.64. The molecule has 8 heteroatoms. The Morgan fingerprint density at radius 3 is 2.48 bits per heavy atom. The monoisotopic (exact) mass is 407 g/mol. The van der Waals surface area contributed by atoms with Gasteiger partial charge in [0.05, 0.1) is 11.6 Å². The lowest BCUT2D eigenvalue weighted by Gasteiger charge is -2.12. The second kappa shape index (κ2) is 8.80. The first-order valence-electron chi connectivity index (χ1n) is 9.42. The minimum Gasteiger partial charge on any atom is -0.324 e. The molecule has 2 heterocycles.